The highest BCUT2D eigenvalue weighted by Gasteiger charge is 2.26. The molecule has 176 valence electrons. The maximum atomic E-state index is 15.0. The second-order valence-corrected chi connectivity index (χ2v) is 10.5. The molecule has 0 saturated heterocycles. The molecule has 4 rings (SSSR count). The monoisotopic (exact) mass is 503 g/mol. The number of anilines is 2. The van der Waals surface area contributed by atoms with E-state index < -0.39 is 33.3 Å². The fraction of sp³-hybridized carbons (Fsp3) is 0.174. The van der Waals surface area contributed by atoms with E-state index in [0.717, 1.165) is 17.1 Å². The van der Waals surface area contributed by atoms with Gasteiger partial charge in [-0.2, -0.15) is 0 Å². The minimum absolute atomic E-state index is 0.0624. The Hall–Kier alpha value is -3.31. The lowest BCUT2D eigenvalue weighted by atomic mass is 9.98. The van der Waals surface area contributed by atoms with Crippen LogP contribution in [0.15, 0.2) is 53.6 Å². The van der Waals surface area contributed by atoms with E-state index in [-0.39, 0.29) is 22.6 Å². The number of nitrogens with two attached hydrogens (primary N) is 1. The van der Waals surface area contributed by atoms with Gasteiger partial charge in [0.15, 0.2) is 11.0 Å². The molecule has 0 aliphatic carbocycles. The van der Waals surface area contributed by atoms with Crippen molar-refractivity contribution in [3.05, 3.63) is 71.1 Å². The summed E-state index contributed by atoms with van der Waals surface area (Å²) in [6.45, 7) is 5.94. The van der Waals surface area contributed by atoms with Gasteiger partial charge in [-0.05, 0) is 36.4 Å². The Morgan fingerprint density at radius 1 is 1.00 bits per heavy atom. The van der Waals surface area contributed by atoms with Crippen LogP contribution in [0, 0.1) is 17.5 Å². The highest BCUT2D eigenvalue weighted by Crippen LogP contribution is 2.41. The summed E-state index contributed by atoms with van der Waals surface area (Å²) in [5.41, 5.74) is 6.51. The first kappa shape index (κ1) is 23.8. The maximum absolute atomic E-state index is 15.0. The minimum atomic E-state index is -2.26. The standard InChI is InChI=1S/C23H20F3N5OS2/c1-23(2,3)21-30-18(19(33-21)17-9-10-28-22(27)29-17)13-11-12(7-8-14(13)24)31-34(32)20-15(25)5-4-6-16(20)26/h4-11,31H,1-3H3,(H2,27,28,29). The zero-order chi connectivity index (χ0) is 24.6. The predicted octanol–water partition coefficient (Wildman–Crippen LogP) is 5.70. The van der Waals surface area contributed by atoms with Crippen LogP contribution in [0.4, 0.5) is 24.8 Å². The first-order valence-electron chi connectivity index (χ1n) is 10.1. The lowest BCUT2D eigenvalue weighted by Gasteiger charge is -2.13. The van der Waals surface area contributed by atoms with E-state index >= 15 is 4.39 Å². The number of benzene rings is 2. The quantitative estimate of drug-likeness (QED) is 0.364. The topological polar surface area (TPSA) is 93.8 Å². The van der Waals surface area contributed by atoms with Crippen LogP contribution in [-0.4, -0.2) is 19.2 Å². The number of nitrogens with zero attached hydrogens (tertiary/aromatic N) is 3. The van der Waals surface area contributed by atoms with Gasteiger partial charge in [0.05, 0.1) is 21.3 Å². The van der Waals surface area contributed by atoms with Crippen LogP contribution in [0.3, 0.4) is 0 Å². The van der Waals surface area contributed by atoms with Crippen molar-refractivity contribution in [2.45, 2.75) is 31.1 Å². The third kappa shape index (κ3) is 4.80. The second-order valence-electron chi connectivity index (χ2n) is 8.36. The molecule has 11 heteroatoms. The third-order valence-electron chi connectivity index (χ3n) is 4.71. The molecule has 3 N–H and O–H groups in total. The van der Waals surface area contributed by atoms with Crippen molar-refractivity contribution in [2.75, 3.05) is 10.5 Å². The number of hydrogen-bond acceptors (Lipinski definition) is 6. The molecule has 6 nitrogen and oxygen atoms in total. The zero-order valence-electron chi connectivity index (χ0n) is 18.4. The summed E-state index contributed by atoms with van der Waals surface area (Å²) in [7, 11) is -2.26. The number of thiazole rings is 1. The summed E-state index contributed by atoms with van der Waals surface area (Å²) in [6, 6.07) is 8.74. The number of nitrogen functional groups attached to an aromatic ring is 1. The van der Waals surface area contributed by atoms with Crippen LogP contribution < -0.4 is 10.5 Å². The normalized spacial score (nSPS) is 12.5. The molecule has 0 bridgehead atoms. The van der Waals surface area contributed by atoms with Crippen LogP contribution in [0.5, 0.6) is 0 Å². The van der Waals surface area contributed by atoms with Gasteiger partial charge in [0.1, 0.15) is 22.3 Å². The fourth-order valence-electron chi connectivity index (χ4n) is 3.09. The largest absolute Gasteiger partial charge is 0.368 e. The Labute approximate surface area is 200 Å². The number of nitrogens with one attached hydrogen (secondary N) is 1. The SMILES string of the molecule is CC(C)(C)c1nc(-c2cc(NS(=O)c3c(F)cccc3F)ccc2F)c(-c2ccnc(N)n2)s1. The molecule has 0 fully saturated rings. The molecule has 2 aromatic carbocycles. The van der Waals surface area contributed by atoms with Crippen molar-refractivity contribution in [3.63, 3.8) is 0 Å². The zero-order valence-corrected chi connectivity index (χ0v) is 20.0. The van der Waals surface area contributed by atoms with Crippen molar-refractivity contribution in [1.82, 2.24) is 15.0 Å². The summed E-state index contributed by atoms with van der Waals surface area (Å²) >= 11 is 1.35. The summed E-state index contributed by atoms with van der Waals surface area (Å²) < 4.78 is 58.2. The minimum Gasteiger partial charge on any atom is -0.368 e. The predicted molar refractivity (Wildman–Crippen MR) is 128 cm³/mol. The van der Waals surface area contributed by atoms with Crippen molar-refractivity contribution in [1.29, 1.82) is 0 Å². The number of hydrogen-bond donors (Lipinski definition) is 2. The van der Waals surface area contributed by atoms with Crippen molar-refractivity contribution in [3.8, 4) is 21.8 Å². The van der Waals surface area contributed by atoms with E-state index in [9.17, 15) is 13.0 Å². The summed E-state index contributed by atoms with van der Waals surface area (Å²) in [4.78, 5) is 12.8. The first-order valence-corrected chi connectivity index (χ1v) is 12.0. The number of aromatic nitrogens is 3. The van der Waals surface area contributed by atoms with Crippen molar-refractivity contribution in [2.24, 2.45) is 0 Å². The molecule has 4 aromatic rings. The van der Waals surface area contributed by atoms with Gasteiger partial charge < -0.3 is 10.5 Å². The number of rotatable bonds is 5. The number of halogens is 3. The Balaban J connectivity index is 1.80. The molecule has 0 radical (unpaired) electrons. The highest BCUT2D eigenvalue weighted by atomic mass is 32.2. The molecular formula is C23H20F3N5OS2. The van der Waals surface area contributed by atoms with Gasteiger partial charge in [-0.1, -0.05) is 26.8 Å². The Morgan fingerprint density at radius 3 is 2.35 bits per heavy atom. The molecule has 1 unspecified atom stereocenters. The van der Waals surface area contributed by atoms with Gasteiger partial charge >= 0.3 is 0 Å². The fourth-order valence-corrected chi connectivity index (χ4v) is 5.13. The van der Waals surface area contributed by atoms with Crippen molar-refractivity contribution < 1.29 is 17.4 Å². The molecule has 0 aliphatic heterocycles. The van der Waals surface area contributed by atoms with Gasteiger partial charge in [-0.25, -0.2) is 32.3 Å². The third-order valence-corrected chi connectivity index (χ3v) is 7.40. The Morgan fingerprint density at radius 2 is 1.71 bits per heavy atom. The van der Waals surface area contributed by atoms with Crippen molar-refractivity contribution >= 4 is 34.0 Å². The van der Waals surface area contributed by atoms with Crippen LogP contribution in [-0.2, 0) is 16.4 Å². The van der Waals surface area contributed by atoms with E-state index in [1.807, 2.05) is 20.8 Å². The lowest BCUT2D eigenvalue weighted by Crippen LogP contribution is -2.10. The molecule has 0 spiro atoms. The average Bonchev–Trinajstić information content (AvgIpc) is 3.21. The molecule has 1 atom stereocenters. The molecule has 0 amide bonds. The van der Waals surface area contributed by atoms with Gasteiger partial charge in [-0.15, -0.1) is 11.3 Å². The van der Waals surface area contributed by atoms with E-state index in [4.69, 9.17) is 5.73 Å². The Kier molecular flexibility index (Phi) is 6.41. The van der Waals surface area contributed by atoms with E-state index in [1.165, 1.54) is 41.8 Å². The average molecular weight is 504 g/mol. The molecule has 0 saturated carbocycles. The summed E-state index contributed by atoms with van der Waals surface area (Å²) in [5, 5.41) is 0.740. The summed E-state index contributed by atoms with van der Waals surface area (Å²) in [6.07, 6.45) is 1.50. The summed E-state index contributed by atoms with van der Waals surface area (Å²) in [5.74, 6) is -2.42. The maximum Gasteiger partial charge on any atom is 0.220 e. The van der Waals surface area contributed by atoms with Gasteiger partial charge in [0.2, 0.25) is 5.95 Å². The highest BCUT2D eigenvalue weighted by molar-refractivity contribution is 7.86. The van der Waals surface area contributed by atoms with Crippen LogP contribution in [0.1, 0.15) is 25.8 Å². The van der Waals surface area contributed by atoms with E-state index in [2.05, 4.69) is 19.7 Å². The smallest absolute Gasteiger partial charge is 0.220 e. The van der Waals surface area contributed by atoms with Crippen LogP contribution >= 0.6 is 11.3 Å². The van der Waals surface area contributed by atoms with Crippen LogP contribution in [0.25, 0.3) is 21.8 Å². The van der Waals surface area contributed by atoms with Gasteiger partial charge in [0, 0.05) is 22.9 Å². The molecule has 0 aliphatic rings. The van der Waals surface area contributed by atoms with Gasteiger partial charge in [-0.3, -0.25) is 0 Å². The lowest BCUT2D eigenvalue weighted by molar-refractivity contribution is 0.535. The Bertz CT molecular complexity index is 1380. The van der Waals surface area contributed by atoms with Gasteiger partial charge in [0.25, 0.3) is 0 Å². The molecular weight excluding hydrogens is 483 g/mol. The first-order chi connectivity index (χ1) is 16.0. The van der Waals surface area contributed by atoms with E-state index in [1.54, 1.807) is 6.07 Å². The van der Waals surface area contributed by atoms with Crippen LogP contribution in [0.2, 0.25) is 0 Å². The van der Waals surface area contributed by atoms with E-state index in [0.29, 0.717) is 16.3 Å². The second kappa shape index (κ2) is 9.15. The molecule has 2 heterocycles. The molecule has 34 heavy (non-hydrogen) atoms. The molecule has 2 aromatic heterocycles.